The van der Waals surface area contributed by atoms with Gasteiger partial charge in [0.25, 0.3) is 0 Å². The zero-order chi connectivity index (χ0) is 18.4. The Hall–Kier alpha value is -1.59. The van der Waals surface area contributed by atoms with E-state index < -0.39 is 0 Å². The summed E-state index contributed by atoms with van der Waals surface area (Å²) in [5, 5.41) is 5.12. The lowest BCUT2D eigenvalue weighted by atomic mass is 9.96. The molecule has 4 nitrogen and oxygen atoms in total. The van der Waals surface area contributed by atoms with Gasteiger partial charge in [-0.3, -0.25) is 9.79 Å². The number of nitrogens with one attached hydrogen (secondary N) is 1. The van der Waals surface area contributed by atoms with Crippen LogP contribution in [0.1, 0.15) is 55.8 Å². The normalized spacial score (nSPS) is 15.4. The van der Waals surface area contributed by atoms with Gasteiger partial charge in [-0.15, -0.1) is 23.7 Å². The van der Waals surface area contributed by atoms with Crippen molar-refractivity contribution < 1.29 is 4.79 Å². The molecule has 1 fully saturated rings. The van der Waals surface area contributed by atoms with Gasteiger partial charge in [-0.25, -0.2) is 0 Å². The van der Waals surface area contributed by atoms with Crippen LogP contribution in [0, 0.1) is 6.92 Å². The van der Waals surface area contributed by atoms with E-state index in [-0.39, 0.29) is 18.3 Å². The van der Waals surface area contributed by atoms with Gasteiger partial charge in [0.05, 0.1) is 12.5 Å². The van der Waals surface area contributed by atoms with Crippen molar-refractivity contribution in [3.05, 3.63) is 51.3 Å². The highest BCUT2D eigenvalue weighted by Crippen LogP contribution is 2.20. The number of thiazole rings is 1. The van der Waals surface area contributed by atoms with E-state index in [4.69, 9.17) is 4.99 Å². The Balaban J connectivity index is 0.00000261. The van der Waals surface area contributed by atoms with Crippen LogP contribution in [0.15, 0.2) is 34.6 Å². The molecule has 1 aliphatic rings. The van der Waals surface area contributed by atoms with Crippen molar-refractivity contribution in [2.45, 2.75) is 71.5 Å². The third kappa shape index (κ3) is 6.22. The fourth-order valence-electron chi connectivity index (χ4n) is 3.45. The number of carbonyl (C=O) groups excluding carboxylic acids is 1. The van der Waals surface area contributed by atoms with Crippen LogP contribution in [-0.2, 0) is 24.3 Å². The number of aryl methyl sites for hydroxylation is 1. The minimum absolute atomic E-state index is 0. The molecule has 0 aliphatic heterocycles. The van der Waals surface area contributed by atoms with E-state index in [1.165, 1.54) is 37.7 Å². The van der Waals surface area contributed by atoms with Gasteiger partial charge in [-0.2, -0.15) is 0 Å². The zero-order valence-electron chi connectivity index (χ0n) is 16.2. The van der Waals surface area contributed by atoms with Crippen molar-refractivity contribution in [2.24, 2.45) is 4.99 Å². The molecule has 1 aromatic heterocycles. The lowest BCUT2D eigenvalue weighted by Gasteiger charge is -2.17. The number of hydrogen-bond acceptors (Lipinski definition) is 3. The van der Waals surface area contributed by atoms with E-state index in [0.717, 1.165) is 22.6 Å². The minimum atomic E-state index is 0. The summed E-state index contributed by atoms with van der Waals surface area (Å²) in [7, 11) is 0. The molecular weight excluding hydrogens is 378 g/mol. The van der Waals surface area contributed by atoms with Crippen molar-refractivity contribution in [3.63, 3.8) is 0 Å². The van der Waals surface area contributed by atoms with Crippen LogP contribution in [-0.4, -0.2) is 16.5 Å². The molecule has 1 amide bonds. The Kier molecular flexibility index (Phi) is 8.58. The van der Waals surface area contributed by atoms with E-state index in [2.05, 4.69) is 53.4 Å². The summed E-state index contributed by atoms with van der Waals surface area (Å²) in [6.07, 6.45) is 6.74. The number of amides is 1. The Morgan fingerprint density at radius 2 is 1.93 bits per heavy atom. The summed E-state index contributed by atoms with van der Waals surface area (Å²) in [5.74, 6) is 0.0646. The Morgan fingerprint density at radius 3 is 2.59 bits per heavy atom. The fraction of sp³-hybridized carbons (Fsp3) is 0.524. The van der Waals surface area contributed by atoms with Crippen LogP contribution in [0.4, 0.5) is 0 Å². The summed E-state index contributed by atoms with van der Waals surface area (Å²) >= 11 is 1.67. The summed E-state index contributed by atoms with van der Waals surface area (Å²) in [6, 6.07) is 8.74. The maximum atomic E-state index is 12.4. The van der Waals surface area contributed by atoms with Gasteiger partial charge < -0.3 is 9.88 Å². The highest BCUT2D eigenvalue weighted by Gasteiger charge is 2.14. The van der Waals surface area contributed by atoms with E-state index in [0.29, 0.717) is 19.0 Å². The van der Waals surface area contributed by atoms with Crippen molar-refractivity contribution >= 4 is 29.7 Å². The molecule has 0 bridgehead atoms. The summed E-state index contributed by atoms with van der Waals surface area (Å²) in [6.45, 7) is 5.63. The van der Waals surface area contributed by atoms with Gasteiger partial charge in [0.1, 0.15) is 0 Å². The molecule has 1 N–H and O–H groups in total. The Bertz CT molecular complexity index is 789. The molecule has 1 aromatic carbocycles. The predicted molar refractivity (Wildman–Crippen MR) is 114 cm³/mol. The number of rotatable bonds is 6. The number of hydrogen-bond donors (Lipinski definition) is 1. The molecular formula is C21H30ClN3OS. The second-order valence-electron chi connectivity index (χ2n) is 7.11. The van der Waals surface area contributed by atoms with Gasteiger partial charge in [0.2, 0.25) is 5.91 Å². The minimum Gasteiger partial charge on any atom is -0.352 e. The Morgan fingerprint density at radius 1 is 1.22 bits per heavy atom. The van der Waals surface area contributed by atoms with Crippen molar-refractivity contribution in [3.8, 4) is 0 Å². The number of halogens is 1. The van der Waals surface area contributed by atoms with E-state index >= 15 is 0 Å². The number of aromatic nitrogens is 1. The number of carbonyl (C=O) groups is 1. The summed E-state index contributed by atoms with van der Waals surface area (Å²) < 4.78 is 2.20. The van der Waals surface area contributed by atoms with Crippen molar-refractivity contribution in [1.82, 2.24) is 9.88 Å². The maximum Gasteiger partial charge on any atom is 0.226 e. The lowest BCUT2D eigenvalue weighted by molar-refractivity contribution is -0.120. The first-order chi connectivity index (χ1) is 12.7. The molecule has 0 atom stereocenters. The SMILES string of the molecule is CCn1c(CC(=O)NCc2ccc(C)cc2)csc1=NC1CCCCC1.Cl. The average Bonchev–Trinajstić information content (AvgIpc) is 3.03. The molecule has 6 heteroatoms. The summed E-state index contributed by atoms with van der Waals surface area (Å²) in [4.78, 5) is 18.4. The second-order valence-corrected chi connectivity index (χ2v) is 7.95. The first-order valence-electron chi connectivity index (χ1n) is 9.69. The number of nitrogens with zero attached hydrogens (tertiary/aromatic N) is 2. The van der Waals surface area contributed by atoms with Crippen LogP contribution < -0.4 is 10.1 Å². The third-order valence-electron chi connectivity index (χ3n) is 5.01. The van der Waals surface area contributed by atoms with Crippen molar-refractivity contribution in [1.29, 1.82) is 0 Å². The van der Waals surface area contributed by atoms with Gasteiger partial charge in [-0.1, -0.05) is 49.1 Å². The summed E-state index contributed by atoms with van der Waals surface area (Å²) in [5.41, 5.74) is 3.43. The molecule has 1 heterocycles. The lowest BCUT2D eigenvalue weighted by Crippen LogP contribution is -2.27. The average molecular weight is 408 g/mol. The van der Waals surface area contributed by atoms with Crippen LogP contribution in [0.5, 0.6) is 0 Å². The molecule has 148 valence electrons. The van der Waals surface area contributed by atoms with Crippen LogP contribution in [0.25, 0.3) is 0 Å². The second kappa shape index (κ2) is 10.7. The first kappa shape index (κ1) is 21.7. The van der Waals surface area contributed by atoms with Crippen molar-refractivity contribution in [2.75, 3.05) is 0 Å². The van der Waals surface area contributed by atoms with Gasteiger partial charge in [-0.05, 0) is 32.3 Å². The molecule has 27 heavy (non-hydrogen) atoms. The van der Waals surface area contributed by atoms with Crippen LogP contribution >= 0.6 is 23.7 Å². The quantitative estimate of drug-likeness (QED) is 0.758. The third-order valence-corrected chi connectivity index (χ3v) is 5.94. The van der Waals surface area contributed by atoms with Crippen LogP contribution in [0.2, 0.25) is 0 Å². The van der Waals surface area contributed by atoms with E-state index in [1.54, 1.807) is 11.3 Å². The van der Waals surface area contributed by atoms with Gasteiger partial charge in [0, 0.05) is 24.2 Å². The molecule has 0 saturated heterocycles. The molecule has 2 aromatic rings. The largest absolute Gasteiger partial charge is 0.352 e. The van der Waals surface area contributed by atoms with Gasteiger partial charge in [0.15, 0.2) is 4.80 Å². The molecule has 0 spiro atoms. The highest BCUT2D eigenvalue weighted by atomic mass is 35.5. The molecule has 1 aliphatic carbocycles. The van der Waals surface area contributed by atoms with E-state index in [9.17, 15) is 4.79 Å². The zero-order valence-corrected chi connectivity index (χ0v) is 17.9. The molecule has 3 rings (SSSR count). The number of benzene rings is 1. The Labute approximate surface area is 172 Å². The van der Waals surface area contributed by atoms with E-state index in [1.807, 2.05) is 0 Å². The molecule has 0 unspecified atom stereocenters. The molecule has 1 saturated carbocycles. The maximum absolute atomic E-state index is 12.4. The first-order valence-corrected chi connectivity index (χ1v) is 10.6. The standard InChI is InChI=1S/C21H29N3OS.ClH/c1-3-24-19(15-26-21(24)23-18-7-5-4-6-8-18)13-20(25)22-14-17-11-9-16(2)10-12-17;/h9-12,15,18H,3-8,13-14H2,1-2H3,(H,22,25);1H. The van der Waals surface area contributed by atoms with Crippen LogP contribution in [0.3, 0.4) is 0 Å². The smallest absolute Gasteiger partial charge is 0.226 e. The molecule has 0 radical (unpaired) electrons. The topological polar surface area (TPSA) is 46.4 Å². The monoisotopic (exact) mass is 407 g/mol. The fourth-order valence-corrected chi connectivity index (χ4v) is 4.48. The van der Waals surface area contributed by atoms with Gasteiger partial charge >= 0.3 is 0 Å². The highest BCUT2D eigenvalue weighted by molar-refractivity contribution is 7.07. The predicted octanol–water partition coefficient (Wildman–Crippen LogP) is 4.39.